The first-order valence-corrected chi connectivity index (χ1v) is 5.16. The largest absolute Gasteiger partial charge is 0.351 e. The Hall–Kier alpha value is -0.730. The highest BCUT2D eigenvalue weighted by atomic mass is 16.2. The third-order valence-electron chi connectivity index (χ3n) is 3.70. The topological polar surface area (TPSA) is 46.3 Å². The standard InChI is InChI=1S/C10H18N2O/c1-8-2-3-10(6-8)4-5-12(7-10)9(11)13/h8H,2-7H2,1H3,(H2,11,13). The van der Waals surface area contributed by atoms with Gasteiger partial charge in [0.05, 0.1) is 0 Å². The van der Waals surface area contributed by atoms with Gasteiger partial charge >= 0.3 is 6.03 Å². The third-order valence-corrected chi connectivity index (χ3v) is 3.70. The van der Waals surface area contributed by atoms with Gasteiger partial charge in [0, 0.05) is 13.1 Å². The van der Waals surface area contributed by atoms with Gasteiger partial charge in [-0.2, -0.15) is 0 Å². The van der Waals surface area contributed by atoms with Crippen LogP contribution in [0.3, 0.4) is 0 Å². The number of likely N-dealkylation sites (tertiary alicyclic amines) is 1. The minimum absolute atomic E-state index is 0.239. The highest BCUT2D eigenvalue weighted by molar-refractivity contribution is 5.72. The van der Waals surface area contributed by atoms with Crippen LogP contribution in [0.2, 0.25) is 0 Å². The number of carbonyl (C=O) groups excluding carboxylic acids is 1. The molecule has 0 bridgehead atoms. The fourth-order valence-electron chi connectivity index (χ4n) is 2.99. The van der Waals surface area contributed by atoms with Crippen LogP contribution in [0.5, 0.6) is 0 Å². The molecule has 2 rings (SSSR count). The van der Waals surface area contributed by atoms with E-state index < -0.39 is 0 Å². The average Bonchev–Trinajstić information content (AvgIpc) is 2.61. The van der Waals surface area contributed by atoms with Crippen LogP contribution in [0, 0.1) is 11.3 Å². The lowest BCUT2D eigenvalue weighted by Gasteiger charge is -2.22. The summed E-state index contributed by atoms with van der Waals surface area (Å²) in [6, 6.07) is -0.239. The zero-order valence-electron chi connectivity index (χ0n) is 8.25. The Morgan fingerprint density at radius 1 is 1.54 bits per heavy atom. The summed E-state index contributed by atoms with van der Waals surface area (Å²) < 4.78 is 0. The van der Waals surface area contributed by atoms with E-state index in [-0.39, 0.29) is 6.03 Å². The van der Waals surface area contributed by atoms with E-state index in [0.29, 0.717) is 5.41 Å². The van der Waals surface area contributed by atoms with Crippen molar-refractivity contribution in [3.05, 3.63) is 0 Å². The lowest BCUT2D eigenvalue weighted by molar-refractivity contribution is 0.208. The molecule has 1 saturated heterocycles. The molecule has 2 unspecified atom stereocenters. The van der Waals surface area contributed by atoms with E-state index in [1.165, 1.54) is 25.7 Å². The minimum atomic E-state index is -0.239. The van der Waals surface area contributed by atoms with Crippen molar-refractivity contribution in [1.29, 1.82) is 0 Å². The molecule has 1 aliphatic heterocycles. The van der Waals surface area contributed by atoms with Crippen LogP contribution < -0.4 is 5.73 Å². The molecule has 0 aromatic rings. The first kappa shape index (κ1) is 8.85. The van der Waals surface area contributed by atoms with Gasteiger partial charge in [-0.25, -0.2) is 4.79 Å². The van der Waals surface area contributed by atoms with E-state index in [0.717, 1.165) is 19.0 Å². The number of urea groups is 1. The molecule has 0 aromatic carbocycles. The van der Waals surface area contributed by atoms with Gasteiger partial charge in [0.1, 0.15) is 0 Å². The van der Waals surface area contributed by atoms with Crippen molar-refractivity contribution in [1.82, 2.24) is 4.90 Å². The maximum Gasteiger partial charge on any atom is 0.314 e. The van der Waals surface area contributed by atoms with Gasteiger partial charge in [-0.15, -0.1) is 0 Å². The zero-order valence-corrected chi connectivity index (χ0v) is 8.25. The number of hydrogen-bond acceptors (Lipinski definition) is 1. The second-order valence-electron chi connectivity index (χ2n) is 4.86. The van der Waals surface area contributed by atoms with Gasteiger partial charge in [-0.1, -0.05) is 13.3 Å². The number of rotatable bonds is 0. The summed E-state index contributed by atoms with van der Waals surface area (Å²) in [5.74, 6) is 0.841. The molecule has 1 spiro atoms. The highest BCUT2D eigenvalue weighted by Crippen LogP contribution is 2.47. The molecule has 2 aliphatic rings. The molecule has 2 N–H and O–H groups in total. The van der Waals surface area contributed by atoms with Gasteiger partial charge in [0.15, 0.2) is 0 Å². The lowest BCUT2D eigenvalue weighted by atomic mass is 9.85. The predicted octanol–water partition coefficient (Wildman–Crippen LogP) is 1.58. The van der Waals surface area contributed by atoms with Crippen LogP contribution in [0.15, 0.2) is 0 Å². The quantitative estimate of drug-likeness (QED) is 0.607. The summed E-state index contributed by atoms with van der Waals surface area (Å²) in [5, 5.41) is 0. The number of hydrogen-bond donors (Lipinski definition) is 1. The number of primary amides is 1. The molecule has 74 valence electrons. The molecular weight excluding hydrogens is 164 g/mol. The third kappa shape index (κ3) is 1.52. The average molecular weight is 182 g/mol. The molecule has 0 radical (unpaired) electrons. The first-order valence-electron chi connectivity index (χ1n) is 5.16. The normalized spacial score (nSPS) is 38.8. The Kier molecular flexibility index (Phi) is 1.97. The Balaban J connectivity index is 2.01. The second kappa shape index (κ2) is 2.89. The van der Waals surface area contributed by atoms with Crippen molar-refractivity contribution in [3.63, 3.8) is 0 Å². The first-order chi connectivity index (χ1) is 6.11. The SMILES string of the molecule is CC1CCC2(CCN(C(N)=O)C2)C1. The van der Waals surface area contributed by atoms with E-state index in [2.05, 4.69) is 6.92 Å². The zero-order chi connectivity index (χ0) is 9.47. The van der Waals surface area contributed by atoms with Gasteiger partial charge in [0.25, 0.3) is 0 Å². The van der Waals surface area contributed by atoms with Crippen molar-refractivity contribution in [3.8, 4) is 0 Å². The molecule has 2 atom stereocenters. The Labute approximate surface area is 79.3 Å². The van der Waals surface area contributed by atoms with E-state index in [4.69, 9.17) is 5.73 Å². The summed E-state index contributed by atoms with van der Waals surface area (Å²) in [5.41, 5.74) is 5.71. The summed E-state index contributed by atoms with van der Waals surface area (Å²) in [6.45, 7) is 4.09. The van der Waals surface area contributed by atoms with E-state index in [9.17, 15) is 4.79 Å². The van der Waals surface area contributed by atoms with Gasteiger partial charge in [-0.3, -0.25) is 0 Å². The summed E-state index contributed by atoms with van der Waals surface area (Å²) >= 11 is 0. The molecular formula is C10H18N2O. The van der Waals surface area contributed by atoms with E-state index in [1.807, 2.05) is 0 Å². The Bertz CT molecular complexity index is 229. The minimum Gasteiger partial charge on any atom is -0.351 e. The Morgan fingerprint density at radius 2 is 2.31 bits per heavy atom. The Morgan fingerprint density at radius 3 is 2.77 bits per heavy atom. The smallest absolute Gasteiger partial charge is 0.314 e. The van der Waals surface area contributed by atoms with E-state index in [1.54, 1.807) is 4.90 Å². The molecule has 2 fully saturated rings. The fraction of sp³-hybridized carbons (Fsp3) is 0.900. The van der Waals surface area contributed by atoms with Crippen LogP contribution in [-0.2, 0) is 0 Å². The van der Waals surface area contributed by atoms with E-state index >= 15 is 0 Å². The van der Waals surface area contributed by atoms with Gasteiger partial charge in [-0.05, 0) is 30.6 Å². The van der Waals surface area contributed by atoms with Crippen LogP contribution in [0.1, 0.15) is 32.6 Å². The molecule has 1 aliphatic carbocycles. The van der Waals surface area contributed by atoms with Gasteiger partial charge in [0.2, 0.25) is 0 Å². The number of nitrogens with zero attached hydrogens (tertiary/aromatic N) is 1. The van der Waals surface area contributed by atoms with Crippen molar-refractivity contribution >= 4 is 6.03 Å². The van der Waals surface area contributed by atoms with Crippen LogP contribution in [-0.4, -0.2) is 24.0 Å². The van der Waals surface area contributed by atoms with Crippen LogP contribution >= 0.6 is 0 Å². The number of carbonyl (C=O) groups is 1. The molecule has 3 nitrogen and oxygen atoms in total. The van der Waals surface area contributed by atoms with Crippen molar-refractivity contribution in [2.45, 2.75) is 32.6 Å². The fourth-order valence-corrected chi connectivity index (χ4v) is 2.99. The maximum atomic E-state index is 11.0. The summed E-state index contributed by atoms with van der Waals surface area (Å²) in [7, 11) is 0. The monoisotopic (exact) mass is 182 g/mol. The molecule has 1 saturated carbocycles. The number of amides is 2. The maximum absolute atomic E-state index is 11.0. The van der Waals surface area contributed by atoms with Crippen molar-refractivity contribution in [2.24, 2.45) is 17.1 Å². The second-order valence-corrected chi connectivity index (χ2v) is 4.86. The molecule has 13 heavy (non-hydrogen) atoms. The number of nitrogens with two attached hydrogens (primary N) is 1. The molecule has 2 amide bonds. The summed E-state index contributed by atoms with van der Waals surface area (Å²) in [4.78, 5) is 12.8. The molecule has 0 aromatic heterocycles. The van der Waals surface area contributed by atoms with Crippen molar-refractivity contribution < 1.29 is 4.79 Å². The van der Waals surface area contributed by atoms with Crippen LogP contribution in [0.25, 0.3) is 0 Å². The summed E-state index contributed by atoms with van der Waals surface area (Å²) in [6.07, 6.45) is 5.07. The van der Waals surface area contributed by atoms with Crippen LogP contribution in [0.4, 0.5) is 4.79 Å². The predicted molar refractivity (Wildman–Crippen MR) is 51.2 cm³/mol. The van der Waals surface area contributed by atoms with Crippen molar-refractivity contribution in [2.75, 3.05) is 13.1 Å². The molecule has 3 heteroatoms. The lowest BCUT2D eigenvalue weighted by Crippen LogP contribution is -2.35. The molecule has 1 heterocycles. The van der Waals surface area contributed by atoms with Gasteiger partial charge < -0.3 is 10.6 Å². The highest BCUT2D eigenvalue weighted by Gasteiger charge is 2.43.